The van der Waals surface area contributed by atoms with Gasteiger partial charge in [0.25, 0.3) is 0 Å². The highest BCUT2D eigenvalue weighted by molar-refractivity contribution is 5.44. The molecular formula is C13H18FNO. The zero-order valence-corrected chi connectivity index (χ0v) is 9.85. The fraction of sp³-hybridized carbons (Fsp3) is 0.538. The maximum absolute atomic E-state index is 13.9. The predicted molar refractivity (Wildman–Crippen MR) is 62.3 cm³/mol. The first-order chi connectivity index (χ1) is 7.74. The number of benzene rings is 1. The molecule has 0 spiro atoms. The van der Waals surface area contributed by atoms with E-state index in [-0.39, 0.29) is 11.9 Å². The second-order valence-electron chi connectivity index (χ2n) is 4.21. The molecule has 1 N–H and O–H groups in total. The topological polar surface area (TPSA) is 21.3 Å². The van der Waals surface area contributed by atoms with E-state index < -0.39 is 0 Å². The lowest BCUT2D eigenvalue weighted by Gasteiger charge is -2.19. The normalized spacial score (nSPS) is 19.8. The Balaban J connectivity index is 2.46. The maximum Gasteiger partial charge on any atom is 0.131 e. The number of hydrogen-bond acceptors (Lipinski definition) is 2. The van der Waals surface area contributed by atoms with Crippen LogP contribution in [0.3, 0.4) is 0 Å². The summed E-state index contributed by atoms with van der Waals surface area (Å²) in [6, 6.07) is 3.40. The van der Waals surface area contributed by atoms with E-state index in [9.17, 15) is 4.39 Å². The van der Waals surface area contributed by atoms with Gasteiger partial charge in [-0.25, -0.2) is 4.39 Å². The number of ether oxygens (including phenoxy) is 1. The minimum Gasteiger partial charge on any atom is -0.493 e. The molecule has 1 unspecified atom stereocenters. The fourth-order valence-electron chi connectivity index (χ4n) is 2.26. The van der Waals surface area contributed by atoms with Gasteiger partial charge >= 0.3 is 0 Å². The van der Waals surface area contributed by atoms with E-state index in [0.717, 1.165) is 30.7 Å². The average Bonchev–Trinajstić information content (AvgIpc) is 2.48. The molecule has 1 aliphatic rings. The highest BCUT2D eigenvalue weighted by atomic mass is 19.1. The van der Waals surface area contributed by atoms with E-state index in [4.69, 9.17) is 4.74 Å². The summed E-state index contributed by atoms with van der Waals surface area (Å²) < 4.78 is 19.5. The molecule has 0 amide bonds. The largest absolute Gasteiger partial charge is 0.493 e. The van der Waals surface area contributed by atoms with E-state index in [0.29, 0.717) is 12.2 Å². The molecule has 0 saturated carbocycles. The van der Waals surface area contributed by atoms with Gasteiger partial charge in [-0.3, -0.25) is 0 Å². The van der Waals surface area contributed by atoms with Crippen LogP contribution >= 0.6 is 0 Å². The van der Waals surface area contributed by atoms with Crippen molar-refractivity contribution in [2.24, 2.45) is 0 Å². The van der Waals surface area contributed by atoms with Gasteiger partial charge in [-0.2, -0.15) is 0 Å². The standard InChI is InChI=1S/C13H18FNO/c1-3-15-11-5-4-8-16-13-9(2)6-7-10(14)12(11)13/h6-7,11,15H,3-5,8H2,1-2H3. The van der Waals surface area contributed by atoms with Gasteiger partial charge in [0.05, 0.1) is 6.61 Å². The van der Waals surface area contributed by atoms with Crippen molar-refractivity contribution in [3.05, 3.63) is 29.1 Å². The van der Waals surface area contributed by atoms with Gasteiger partial charge in [-0.1, -0.05) is 13.0 Å². The number of aryl methyl sites for hydroxylation is 1. The predicted octanol–water partition coefficient (Wildman–Crippen LogP) is 2.96. The summed E-state index contributed by atoms with van der Waals surface area (Å²) in [7, 11) is 0. The second-order valence-corrected chi connectivity index (χ2v) is 4.21. The Bertz CT molecular complexity index is 378. The Morgan fingerprint density at radius 1 is 1.50 bits per heavy atom. The average molecular weight is 223 g/mol. The van der Waals surface area contributed by atoms with Crippen molar-refractivity contribution in [3.63, 3.8) is 0 Å². The number of hydrogen-bond donors (Lipinski definition) is 1. The molecule has 0 aromatic heterocycles. The van der Waals surface area contributed by atoms with Gasteiger partial charge < -0.3 is 10.1 Å². The summed E-state index contributed by atoms with van der Waals surface area (Å²) in [6.45, 7) is 5.53. The molecular weight excluding hydrogens is 205 g/mol. The van der Waals surface area contributed by atoms with Crippen molar-refractivity contribution < 1.29 is 9.13 Å². The van der Waals surface area contributed by atoms with Gasteiger partial charge in [0, 0.05) is 11.6 Å². The second kappa shape index (κ2) is 4.83. The summed E-state index contributed by atoms with van der Waals surface area (Å²) in [5.74, 6) is 0.580. The SMILES string of the molecule is CCNC1CCCOc2c(C)ccc(F)c21. The molecule has 0 bridgehead atoms. The molecule has 1 atom stereocenters. The van der Waals surface area contributed by atoms with E-state index >= 15 is 0 Å². The third-order valence-corrected chi connectivity index (χ3v) is 3.02. The highest BCUT2D eigenvalue weighted by Gasteiger charge is 2.23. The molecule has 2 nitrogen and oxygen atoms in total. The van der Waals surface area contributed by atoms with Crippen molar-refractivity contribution >= 4 is 0 Å². The zero-order valence-electron chi connectivity index (χ0n) is 9.85. The molecule has 1 aromatic rings. The molecule has 2 rings (SSSR count). The summed E-state index contributed by atoms with van der Waals surface area (Å²) in [5, 5.41) is 3.33. The molecule has 0 saturated heterocycles. The van der Waals surface area contributed by atoms with E-state index in [1.165, 1.54) is 6.07 Å². The Hall–Kier alpha value is -1.09. The molecule has 1 heterocycles. The lowest BCUT2D eigenvalue weighted by Crippen LogP contribution is -2.21. The van der Waals surface area contributed by atoms with Gasteiger partial charge in [0.1, 0.15) is 11.6 Å². The van der Waals surface area contributed by atoms with Crippen LogP contribution in [-0.4, -0.2) is 13.2 Å². The van der Waals surface area contributed by atoms with Crippen molar-refractivity contribution in [1.82, 2.24) is 5.32 Å². The first kappa shape index (κ1) is 11.4. The smallest absolute Gasteiger partial charge is 0.131 e. The zero-order chi connectivity index (χ0) is 11.5. The van der Waals surface area contributed by atoms with Crippen molar-refractivity contribution in [1.29, 1.82) is 0 Å². The molecule has 0 aliphatic carbocycles. The lowest BCUT2D eigenvalue weighted by atomic mass is 9.99. The van der Waals surface area contributed by atoms with E-state index in [2.05, 4.69) is 5.32 Å². The van der Waals surface area contributed by atoms with Gasteiger partial charge in [-0.15, -0.1) is 0 Å². The molecule has 88 valence electrons. The molecule has 0 fully saturated rings. The van der Waals surface area contributed by atoms with Crippen LogP contribution in [0, 0.1) is 12.7 Å². The van der Waals surface area contributed by atoms with Crippen LogP contribution in [0.5, 0.6) is 5.75 Å². The summed E-state index contributed by atoms with van der Waals surface area (Å²) >= 11 is 0. The maximum atomic E-state index is 13.9. The molecule has 1 aliphatic heterocycles. The van der Waals surface area contributed by atoms with Gasteiger partial charge in [0.2, 0.25) is 0 Å². The van der Waals surface area contributed by atoms with Crippen LogP contribution in [0.25, 0.3) is 0 Å². The van der Waals surface area contributed by atoms with Crippen LogP contribution < -0.4 is 10.1 Å². The fourth-order valence-corrected chi connectivity index (χ4v) is 2.26. The summed E-state index contributed by atoms with van der Waals surface area (Å²) in [6.07, 6.45) is 1.90. The van der Waals surface area contributed by atoms with E-state index in [1.807, 2.05) is 13.8 Å². The van der Waals surface area contributed by atoms with E-state index in [1.54, 1.807) is 6.07 Å². The van der Waals surface area contributed by atoms with Crippen molar-refractivity contribution in [2.45, 2.75) is 32.7 Å². The van der Waals surface area contributed by atoms with Crippen LogP contribution in [0.1, 0.15) is 36.9 Å². The Kier molecular flexibility index (Phi) is 3.44. The third-order valence-electron chi connectivity index (χ3n) is 3.02. The first-order valence-electron chi connectivity index (χ1n) is 5.89. The summed E-state index contributed by atoms with van der Waals surface area (Å²) in [5.41, 5.74) is 1.72. The van der Waals surface area contributed by atoms with Gasteiger partial charge in [0.15, 0.2) is 0 Å². The van der Waals surface area contributed by atoms with Crippen LogP contribution in [0.2, 0.25) is 0 Å². The third kappa shape index (κ3) is 2.05. The first-order valence-corrected chi connectivity index (χ1v) is 5.89. The van der Waals surface area contributed by atoms with Crippen LogP contribution in [0.4, 0.5) is 4.39 Å². The monoisotopic (exact) mass is 223 g/mol. The Morgan fingerprint density at radius 2 is 2.31 bits per heavy atom. The van der Waals surface area contributed by atoms with Crippen molar-refractivity contribution in [3.8, 4) is 5.75 Å². The molecule has 0 radical (unpaired) electrons. The number of halogens is 1. The van der Waals surface area contributed by atoms with Gasteiger partial charge in [-0.05, 0) is 37.9 Å². The number of fused-ring (bicyclic) bond motifs is 1. The number of nitrogens with one attached hydrogen (secondary N) is 1. The summed E-state index contributed by atoms with van der Waals surface area (Å²) in [4.78, 5) is 0. The minimum absolute atomic E-state index is 0.0856. The molecule has 3 heteroatoms. The quantitative estimate of drug-likeness (QED) is 0.832. The van der Waals surface area contributed by atoms with Crippen molar-refractivity contribution in [2.75, 3.05) is 13.2 Å². The molecule has 16 heavy (non-hydrogen) atoms. The lowest BCUT2D eigenvalue weighted by molar-refractivity contribution is 0.312. The minimum atomic E-state index is -0.159. The number of rotatable bonds is 2. The Morgan fingerprint density at radius 3 is 3.06 bits per heavy atom. The van der Waals surface area contributed by atoms with Crippen LogP contribution in [-0.2, 0) is 0 Å². The van der Waals surface area contributed by atoms with Crippen LogP contribution in [0.15, 0.2) is 12.1 Å². The molecule has 1 aromatic carbocycles. The Labute approximate surface area is 95.8 Å². The highest BCUT2D eigenvalue weighted by Crippen LogP contribution is 2.35.